The van der Waals surface area contributed by atoms with Crippen LogP contribution in [0.1, 0.15) is 15.9 Å². The summed E-state index contributed by atoms with van der Waals surface area (Å²) in [5, 5.41) is 8.82. The number of ether oxygens (including phenoxy) is 1. The minimum Gasteiger partial charge on any atom is -0.453 e. The second kappa shape index (κ2) is 5.27. The Hall–Kier alpha value is -2.74. The molecule has 0 saturated heterocycles. The Balaban J connectivity index is 2.40. The number of rotatable bonds is 3. The fourth-order valence-corrected chi connectivity index (χ4v) is 1.49. The van der Waals surface area contributed by atoms with Crippen molar-refractivity contribution >= 4 is 6.29 Å². The first-order chi connectivity index (χ1) is 9.15. The Bertz CT molecular complexity index is 678. The highest BCUT2D eigenvalue weighted by Gasteiger charge is 2.12. The van der Waals surface area contributed by atoms with Crippen molar-refractivity contribution in [1.82, 2.24) is 0 Å². The van der Waals surface area contributed by atoms with Crippen LogP contribution < -0.4 is 4.74 Å². The van der Waals surface area contributed by atoms with Crippen molar-refractivity contribution in [3.05, 3.63) is 59.2 Å². The molecule has 0 radical (unpaired) electrons. The van der Waals surface area contributed by atoms with Crippen molar-refractivity contribution in [2.45, 2.75) is 0 Å². The number of nitriles is 1. The number of halogens is 2. The monoisotopic (exact) mass is 259 g/mol. The van der Waals surface area contributed by atoms with Gasteiger partial charge < -0.3 is 4.74 Å². The Morgan fingerprint density at radius 3 is 2.53 bits per heavy atom. The number of carbonyl (C=O) groups is 1. The van der Waals surface area contributed by atoms with E-state index in [0.717, 1.165) is 12.1 Å². The fourth-order valence-electron chi connectivity index (χ4n) is 1.49. The molecule has 2 aromatic rings. The zero-order chi connectivity index (χ0) is 13.8. The van der Waals surface area contributed by atoms with E-state index in [1.165, 1.54) is 24.3 Å². The Labute approximate surface area is 107 Å². The average Bonchev–Trinajstić information content (AvgIpc) is 2.41. The summed E-state index contributed by atoms with van der Waals surface area (Å²) in [6, 6.07) is 9.05. The SMILES string of the molecule is N#Cc1c(F)cccc1Oc1ccc(C=O)cc1F. The molecule has 0 spiro atoms. The zero-order valence-corrected chi connectivity index (χ0v) is 9.56. The van der Waals surface area contributed by atoms with E-state index in [0.29, 0.717) is 6.29 Å². The van der Waals surface area contributed by atoms with Gasteiger partial charge in [0.15, 0.2) is 11.6 Å². The summed E-state index contributed by atoms with van der Waals surface area (Å²) in [7, 11) is 0. The molecule has 0 saturated carbocycles. The van der Waals surface area contributed by atoms with Gasteiger partial charge in [-0.15, -0.1) is 0 Å². The molecule has 0 unspecified atom stereocenters. The third kappa shape index (κ3) is 2.58. The second-order valence-electron chi connectivity index (χ2n) is 3.63. The van der Waals surface area contributed by atoms with Crippen molar-refractivity contribution < 1.29 is 18.3 Å². The molecule has 2 aromatic carbocycles. The van der Waals surface area contributed by atoms with Crippen LogP contribution in [0, 0.1) is 23.0 Å². The van der Waals surface area contributed by atoms with Crippen molar-refractivity contribution in [3.8, 4) is 17.6 Å². The quantitative estimate of drug-likeness (QED) is 0.793. The normalized spacial score (nSPS) is 9.74. The summed E-state index contributed by atoms with van der Waals surface area (Å²) in [5.74, 6) is -1.78. The summed E-state index contributed by atoms with van der Waals surface area (Å²) in [6.07, 6.45) is 0.496. The number of hydrogen-bond donors (Lipinski definition) is 0. The molecule has 2 rings (SSSR count). The van der Waals surface area contributed by atoms with E-state index in [1.807, 2.05) is 0 Å². The first-order valence-corrected chi connectivity index (χ1v) is 5.27. The van der Waals surface area contributed by atoms with Crippen LogP contribution in [0.25, 0.3) is 0 Å². The van der Waals surface area contributed by atoms with Crippen LogP contribution >= 0.6 is 0 Å². The smallest absolute Gasteiger partial charge is 0.166 e. The van der Waals surface area contributed by atoms with Gasteiger partial charge in [-0.25, -0.2) is 8.78 Å². The van der Waals surface area contributed by atoms with Crippen LogP contribution in [0.4, 0.5) is 8.78 Å². The number of nitrogens with zero attached hydrogens (tertiary/aromatic N) is 1. The summed E-state index contributed by atoms with van der Waals surface area (Å²) in [6.45, 7) is 0. The van der Waals surface area contributed by atoms with E-state index in [-0.39, 0.29) is 22.6 Å². The maximum absolute atomic E-state index is 13.6. The highest BCUT2D eigenvalue weighted by atomic mass is 19.1. The van der Waals surface area contributed by atoms with Gasteiger partial charge in [0.25, 0.3) is 0 Å². The van der Waals surface area contributed by atoms with Crippen molar-refractivity contribution in [2.24, 2.45) is 0 Å². The molecule has 0 aromatic heterocycles. The molecule has 0 amide bonds. The average molecular weight is 259 g/mol. The predicted octanol–water partition coefficient (Wildman–Crippen LogP) is 3.44. The number of aldehydes is 1. The van der Waals surface area contributed by atoms with Gasteiger partial charge >= 0.3 is 0 Å². The number of hydrogen-bond acceptors (Lipinski definition) is 3. The number of carbonyl (C=O) groups excluding carboxylic acids is 1. The fraction of sp³-hybridized carbons (Fsp3) is 0. The molecular formula is C14H7F2NO2. The lowest BCUT2D eigenvalue weighted by Crippen LogP contribution is -1.94. The van der Waals surface area contributed by atoms with Crippen LogP contribution in [0.3, 0.4) is 0 Å². The van der Waals surface area contributed by atoms with Gasteiger partial charge in [-0.1, -0.05) is 6.07 Å². The standard InChI is InChI=1S/C14H7F2NO2/c15-11-2-1-3-13(10(11)7-17)19-14-5-4-9(8-18)6-12(14)16/h1-6,8H. The van der Waals surface area contributed by atoms with E-state index < -0.39 is 11.6 Å². The van der Waals surface area contributed by atoms with Crippen LogP contribution in [-0.2, 0) is 0 Å². The van der Waals surface area contributed by atoms with E-state index >= 15 is 0 Å². The largest absolute Gasteiger partial charge is 0.453 e. The maximum Gasteiger partial charge on any atom is 0.166 e. The molecule has 0 atom stereocenters. The lowest BCUT2D eigenvalue weighted by molar-refractivity contribution is 0.112. The zero-order valence-electron chi connectivity index (χ0n) is 9.56. The maximum atomic E-state index is 13.6. The van der Waals surface area contributed by atoms with E-state index in [4.69, 9.17) is 10.00 Å². The first kappa shape index (κ1) is 12.7. The van der Waals surface area contributed by atoms with Gasteiger partial charge in [0.05, 0.1) is 0 Å². The van der Waals surface area contributed by atoms with Gasteiger partial charge in [0.1, 0.15) is 29.5 Å². The molecule has 0 N–H and O–H groups in total. The third-order valence-electron chi connectivity index (χ3n) is 2.40. The molecule has 0 aliphatic carbocycles. The minimum atomic E-state index is -0.766. The lowest BCUT2D eigenvalue weighted by atomic mass is 10.2. The van der Waals surface area contributed by atoms with Crippen molar-refractivity contribution in [2.75, 3.05) is 0 Å². The molecule has 0 aliphatic rings. The van der Waals surface area contributed by atoms with Crippen LogP contribution in [0.5, 0.6) is 11.5 Å². The minimum absolute atomic E-state index is 0.0831. The molecule has 94 valence electrons. The predicted molar refractivity (Wildman–Crippen MR) is 63.0 cm³/mol. The molecular weight excluding hydrogens is 252 g/mol. The van der Waals surface area contributed by atoms with E-state index in [2.05, 4.69) is 0 Å². The summed E-state index contributed by atoms with van der Waals surface area (Å²) in [4.78, 5) is 10.5. The van der Waals surface area contributed by atoms with E-state index in [1.54, 1.807) is 6.07 Å². The second-order valence-corrected chi connectivity index (χ2v) is 3.63. The molecule has 5 heteroatoms. The molecule has 0 heterocycles. The van der Waals surface area contributed by atoms with Crippen molar-refractivity contribution in [3.63, 3.8) is 0 Å². The van der Waals surface area contributed by atoms with Gasteiger partial charge in [-0.2, -0.15) is 5.26 Å². The van der Waals surface area contributed by atoms with Crippen molar-refractivity contribution in [1.29, 1.82) is 5.26 Å². The molecule has 3 nitrogen and oxygen atoms in total. The van der Waals surface area contributed by atoms with Crippen LogP contribution in [-0.4, -0.2) is 6.29 Å². The Morgan fingerprint density at radius 1 is 1.11 bits per heavy atom. The highest BCUT2D eigenvalue weighted by molar-refractivity contribution is 5.75. The van der Waals surface area contributed by atoms with Crippen LogP contribution in [0.15, 0.2) is 36.4 Å². The Morgan fingerprint density at radius 2 is 1.89 bits per heavy atom. The van der Waals surface area contributed by atoms with Gasteiger partial charge in [-0.3, -0.25) is 4.79 Å². The van der Waals surface area contributed by atoms with E-state index in [9.17, 15) is 13.6 Å². The highest BCUT2D eigenvalue weighted by Crippen LogP contribution is 2.28. The Kier molecular flexibility index (Phi) is 3.53. The van der Waals surface area contributed by atoms with Crippen LogP contribution in [0.2, 0.25) is 0 Å². The summed E-state index contributed by atoms with van der Waals surface area (Å²) >= 11 is 0. The molecule has 0 fully saturated rings. The molecule has 19 heavy (non-hydrogen) atoms. The summed E-state index contributed by atoms with van der Waals surface area (Å²) in [5.41, 5.74) is -0.147. The van der Waals surface area contributed by atoms with Gasteiger partial charge in [0, 0.05) is 5.56 Å². The molecule has 0 bridgehead atoms. The summed E-state index contributed by atoms with van der Waals surface area (Å²) < 4.78 is 32.1. The molecule has 0 aliphatic heterocycles. The third-order valence-corrected chi connectivity index (χ3v) is 2.40. The van der Waals surface area contributed by atoms with Gasteiger partial charge in [-0.05, 0) is 30.3 Å². The number of benzene rings is 2. The topological polar surface area (TPSA) is 50.1 Å². The first-order valence-electron chi connectivity index (χ1n) is 5.27. The van der Waals surface area contributed by atoms with Gasteiger partial charge in [0.2, 0.25) is 0 Å². The lowest BCUT2D eigenvalue weighted by Gasteiger charge is -2.08.